The molecule has 2 aromatic rings. The fourth-order valence-electron chi connectivity index (χ4n) is 1.83. The highest BCUT2D eigenvalue weighted by Crippen LogP contribution is 2.26. The molecule has 1 N–H and O–H groups in total. The SMILES string of the molecule is CCn1ccc(CNC(=O)Cn2nc([N+](=O)[O-])c(Cl)c2C)n1. The van der Waals surface area contributed by atoms with Gasteiger partial charge in [-0.05, 0) is 24.8 Å². The zero-order valence-electron chi connectivity index (χ0n) is 12.1. The van der Waals surface area contributed by atoms with Crippen molar-refractivity contribution in [3.05, 3.63) is 38.8 Å². The van der Waals surface area contributed by atoms with Crippen LogP contribution in [0.5, 0.6) is 0 Å². The summed E-state index contributed by atoms with van der Waals surface area (Å²) in [4.78, 5) is 22.0. The highest BCUT2D eigenvalue weighted by atomic mass is 35.5. The molecule has 0 saturated carbocycles. The first-order valence-corrected chi connectivity index (χ1v) is 6.96. The van der Waals surface area contributed by atoms with Crippen molar-refractivity contribution >= 4 is 23.3 Å². The average molecular weight is 327 g/mol. The molecule has 0 spiro atoms. The van der Waals surface area contributed by atoms with E-state index in [1.807, 2.05) is 19.2 Å². The molecule has 22 heavy (non-hydrogen) atoms. The molecule has 2 aromatic heterocycles. The van der Waals surface area contributed by atoms with Crippen LogP contribution in [0.25, 0.3) is 0 Å². The fourth-order valence-corrected chi connectivity index (χ4v) is 2.04. The van der Waals surface area contributed by atoms with Crippen LogP contribution >= 0.6 is 11.6 Å². The van der Waals surface area contributed by atoms with Crippen LogP contribution in [0.2, 0.25) is 5.02 Å². The Morgan fingerprint density at radius 1 is 1.50 bits per heavy atom. The van der Waals surface area contributed by atoms with Gasteiger partial charge in [0.05, 0.1) is 23.0 Å². The number of amides is 1. The molecule has 1 amide bonds. The van der Waals surface area contributed by atoms with Crippen LogP contribution in [0, 0.1) is 17.0 Å². The Hall–Kier alpha value is -2.42. The molecule has 0 atom stereocenters. The number of aryl methyl sites for hydroxylation is 1. The second kappa shape index (κ2) is 6.56. The van der Waals surface area contributed by atoms with Crippen LogP contribution in [0.1, 0.15) is 18.3 Å². The summed E-state index contributed by atoms with van der Waals surface area (Å²) in [6.07, 6.45) is 1.82. The smallest absolute Gasteiger partial charge is 0.358 e. The van der Waals surface area contributed by atoms with E-state index >= 15 is 0 Å². The predicted octanol–water partition coefficient (Wildman–Crippen LogP) is 1.29. The number of hydrogen-bond donors (Lipinski definition) is 1. The maximum atomic E-state index is 11.9. The van der Waals surface area contributed by atoms with Gasteiger partial charge >= 0.3 is 5.82 Å². The number of carbonyl (C=O) groups excluding carboxylic acids is 1. The third kappa shape index (κ3) is 3.42. The lowest BCUT2D eigenvalue weighted by molar-refractivity contribution is -0.389. The molecule has 2 rings (SSSR count). The first kappa shape index (κ1) is 16.0. The molecule has 118 valence electrons. The largest absolute Gasteiger partial charge is 0.408 e. The van der Waals surface area contributed by atoms with Crippen LogP contribution < -0.4 is 5.32 Å². The summed E-state index contributed by atoms with van der Waals surface area (Å²) in [6, 6.07) is 1.81. The third-order valence-corrected chi connectivity index (χ3v) is 3.51. The van der Waals surface area contributed by atoms with E-state index in [4.69, 9.17) is 11.6 Å². The molecule has 0 aliphatic heterocycles. The summed E-state index contributed by atoms with van der Waals surface area (Å²) < 4.78 is 2.96. The van der Waals surface area contributed by atoms with Gasteiger partial charge in [0.15, 0.2) is 5.02 Å². The summed E-state index contributed by atoms with van der Waals surface area (Å²) in [6.45, 7) is 4.42. The minimum Gasteiger partial charge on any atom is -0.358 e. The van der Waals surface area contributed by atoms with Gasteiger partial charge in [-0.3, -0.25) is 9.48 Å². The molecular formula is C12H15ClN6O3. The molecular weight excluding hydrogens is 312 g/mol. The second-order valence-electron chi connectivity index (χ2n) is 4.58. The first-order valence-electron chi connectivity index (χ1n) is 6.58. The maximum Gasteiger partial charge on any atom is 0.408 e. The van der Waals surface area contributed by atoms with Crippen molar-refractivity contribution in [1.29, 1.82) is 0 Å². The highest BCUT2D eigenvalue weighted by Gasteiger charge is 2.24. The maximum absolute atomic E-state index is 11.9. The van der Waals surface area contributed by atoms with Crippen molar-refractivity contribution in [1.82, 2.24) is 24.9 Å². The van der Waals surface area contributed by atoms with Gasteiger partial charge in [0.2, 0.25) is 5.91 Å². The lowest BCUT2D eigenvalue weighted by Gasteiger charge is -2.02. The zero-order chi connectivity index (χ0) is 16.3. The minimum absolute atomic E-state index is 0.0560. The number of halogens is 1. The molecule has 9 nitrogen and oxygen atoms in total. The monoisotopic (exact) mass is 326 g/mol. The molecule has 0 unspecified atom stereocenters. The van der Waals surface area contributed by atoms with Crippen LogP contribution in [-0.4, -0.2) is 30.4 Å². The summed E-state index contributed by atoms with van der Waals surface area (Å²) >= 11 is 5.81. The van der Waals surface area contributed by atoms with E-state index in [9.17, 15) is 14.9 Å². The van der Waals surface area contributed by atoms with Crippen LogP contribution in [0.4, 0.5) is 5.82 Å². The Morgan fingerprint density at radius 3 is 2.77 bits per heavy atom. The number of nitro groups is 1. The van der Waals surface area contributed by atoms with E-state index in [-0.39, 0.29) is 24.0 Å². The lowest BCUT2D eigenvalue weighted by Crippen LogP contribution is -2.28. The van der Waals surface area contributed by atoms with Crippen LogP contribution in [-0.2, 0) is 24.4 Å². The summed E-state index contributed by atoms with van der Waals surface area (Å²) in [5.41, 5.74) is 1.11. The quantitative estimate of drug-likeness (QED) is 0.635. The Labute approximate surface area is 131 Å². The number of aromatic nitrogens is 4. The minimum atomic E-state index is -0.679. The summed E-state index contributed by atoms with van der Waals surface area (Å²) in [5.74, 6) is -0.781. The Morgan fingerprint density at radius 2 is 2.23 bits per heavy atom. The van der Waals surface area contributed by atoms with Crippen molar-refractivity contribution in [2.75, 3.05) is 0 Å². The van der Waals surface area contributed by atoms with Gasteiger partial charge in [-0.15, -0.1) is 0 Å². The number of hydrogen-bond acceptors (Lipinski definition) is 5. The molecule has 0 bridgehead atoms. The molecule has 0 radical (unpaired) electrons. The van der Waals surface area contributed by atoms with Gasteiger partial charge in [-0.2, -0.15) is 9.78 Å². The van der Waals surface area contributed by atoms with Crippen molar-refractivity contribution in [3.63, 3.8) is 0 Å². The van der Waals surface area contributed by atoms with Crippen molar-refractivity contribution < 1.29 is 9.72 Å². The zero-order valence-corrected chi connectivity index (χ0v) is 12.9. The molecule has 0 fully saturated rings. The van der Waals surface area contributed by atoms with Crippen molar-refractivity contribution in [3.8, 4) is 0 Å². The standard InChI is InChI=1S/C12H15ClN6O3/c1-3-17-5-4-9(15-17)6-14-10(20)7-18-8(2)11(13)12(16-18)19(21)22/h4-5H,3,6-7H2,1-2H3,(H,14,20). The van der Waals surface area contributed by atoms with Gasteiger partial charge in [-0.1, -0.05) is 11.6 Å². The second-order valence-corrected chi connectivity index (χ2v) is 4.96. The van der Waals surface area contributed by atoms with E-state index in [1.165, 1.54) is 4.68 Å². The fraction of sp³-hybridized carbons (Fsp3) is 0.417. The summed E-state index contributed by atoms with van der Waals surface area (Å²) in [7, 11) is 0. The highest BCUT2D eigenvalue weighted by molar-refractivity contribution is 6.33. The van der Waals surface area contributed by atoms with E-state index in [0.29, 0.717) is 5.69 Å². The number of rotatable bonds is 6. The van der Waals surface area contributed by atoms with Gasteiger partial charge in [-0.25, -0.2) is 0 Å². The van der Waals surface area contributed by atoms with Gasteiger partial charge in [0.25, 0.3) is 0 Å². The number of nitrogens with one attached hydrogen (secondary N) is 1. The Kier molecular flexibility index (Phi) is 4.76. The van der Waals surface area contributed by atoms with Crippen LogP contribution in [0.15, 0.2) is 12.3 Å². The van der Waals surface area contributed by atoms with Gasteiger partial charge in [0, 0.05) is 12.7 Å². The molecule has 0 saturated heterocycles. The van der Waals surface area contributed by atoms with Crippen molar-refractivity contribution in [2.45, 2.75) is 33.5 Å². The molecule has 10 heteroatoms. The Balaban J connectivity index is 1.97. The first-order chi connectivity index (χ1) is 10.4. The molecule has 0 aliphatic rings. The predicted molar refractivity (Wildman–Crippen MR) is 78.4 cm³/mol. The van der Waals surface area contributed by atoms with E-state index in [2.05, 4.69) is 15.5 Å². The van der Waals surface area contributed by atoms with Crippen LogP contribution in [0.3, 0.4) is 0 Å². The summed E-state index contributed by atoms with van der Waals surface area (Å²) in [5, 5.41) is 21.3. The molecule has 0 aliphatic carbocycles. The van der Waals surface area contributed by atoms with Gasteiger partial charge in [0.1, 0.15) is 6.54 Å². The van der Waals surface area contributed by atoms with Gasteiger partial charge < -0.3 is 15.4 Å². The van der Waals surface area contributed by atoms with E-state index < -0.39 is 10.7 Å². The third-order valence-electron chi connectivity index (χ3n) is 3.07. The Bertz CT molecular complexity index is 708. The number of nitrogens with zero attached hydrogens (tertiary/aromatic N) is 5. The molecule has 2 heterocycles. The van der Waals surface area contributed by atoms with Crippen molar-refractivity contribution in [2.24, 2.45) is 0 Å². The number of carbonyl (C=O) groups is 1. The topological polar surface area (TPSA) is 108 Å². The molecule has 0 aromatic carbocycles. The average Bonchev–Trinajstić information content (AvgIpc) is 3.05. The van der Waals surface area contributed by atoms with E-state index in [0.717, 1.165) is 12.2 Å². The van der Waals surface area contributed by atoms with E-state index in [1.54, 1.807) is 11.6 Å². The normalized spacial score (nSPS) is 10.7. The lowest BCUT2D eigenvalue weighted by atomic mass is 10.4.